The fraction of sp³-hybridized carbons (Fsp3) is 0.333. The lowest BCUT2D eigenvalue weighted by Gasteiger charge is -2.03. The molecule has 0 aliphatic rings. The van der Waals surface area contributed by atoms with Gasteiger partial charge in [0.05, 0.1) is 7.11 Å². The Kier molecular flexibility index (Phi) is 4.06. The van der Waals surface area contributed by atoms with E-state index >= 15 is 0 Å². The van der Waals surface area contributed by atoms with Crippen LogP contribution in [0, 0.1) is 6.92 Å². The third-order valence-corrected chi connectivity index (χ3v) is 3.19. The Morgan fingerprint density at radius 3 is 2.71 bits per heavy atom. The molecule has 0 aliphatic carbocycles. The van der Waals surface area contributed by atoms with Crippen LogP contribution in [0.3, 0.4) is 0 Å². The Balaban J connectivity index is 1.81. The van der Waals surface area contributed by atoms with Crippen LogP contribution in [0.5, 0.6) is 5.88 Å². The molecule has 0 atom stereocenters. The average molecular weight is 249 g/mol. The van der Waals surface area contributed by atoms with Crippen molar-refractivity contribution in [2.45, 2.75) is 20.0 Å². The molecule has 1 N–H and O–H groups in total. The van der Waals surface area contributed by atoms with Gasteiger partial charge in [-0.3, -0.25) is 0 Å². The first-order chi connectivity index (χ1) is 8.28. The quantitative estimate of drug-likeness (QED) is 0.882. The van der Waals surface area contributed by atoms with Gasteiger partial charge in [-0.15, -0.1) is 11.3 Å². The number of thiazole rings is 1. The highest BCUT2D eigenvalue weighted by Gasteiger charge is 1.99. The van der Waals surface area contributed by atoms with Gasteiger partial charge < -0.3 is 10.1 Å². The van der Waals surface area contributed by atoms with Gasteiger partial charge in [-0.25, -0.2) is 9.97 Å². The Labute approximate surface area is 105 Å². The van der Waals surface area contributed by atoms with E-state index in [0.717, 1.165) is 23.7 Å². The minimum Gasteiger partial charge on any atom is -0.481 e. The number of pyridine rings is 1. The molecule has 2 rings (SSSR count). The Bertz CT molecular complexity index is 467. The van der Waals surface area contributed by atoms with Gasteiger partial charge in [-0.1, -0.05) is 6.07 Å². The summed E-state index contributed by atoms with van der Waals surface area (Å²) in [6.45, 7) is 3.65. The molecule has 17 heavy (non-hydrogen) atoms. The van der Waals surface area contributed by atoms with Gasteiger partial charge in [0.25, 0.3) is 0 Å². The number of aryl methyl sites for hydroxylation is 1. The molecule has 2 aromatic rings. The standard InChI is InChI=1S/C12H15N3OS/c1-9-5-15-12(17-9)8-13-6-10-3-4-11(16-2)14-7-10/h3-5,7,13H,6,8H2,1-2H3. The third-order valence-electron chi connectivity index (χ3n) is 2.28. The predicted octanol–water partition coefficient (Wildman–Crippen LogP) is 2.14. The first kappa shape index (κ1) is 12.0. The number of ether oxygens (including phenoxy) is 1. The van der Waals surface area contributed by atoms with Crippen molar-refractivity contribution >= 4 is 11.3 Å². The number of methoxy groups -OCH3 is 1. The summed E-state index contributed by atoms with van der Waals surface area (Å²) < 4.78 is 5.01. The molecule has 0 aliphatic heterocycles. The molecule has 0 bridgehead atoms. The second-order valence-corrected chi connectivity index (χ2v) is 5.00. The van der Waals surface area contributed by atoms with Crippen LogP contribution >= 0.6 is 11.3 Å². The lowest BCUT2D eigenvalue weighted by atomic mass is 10.3. The highest BCUT2D eigenvalue weighted by Crippen LogP contribution is 2.11. The van der Waals surface area contributed by atoms with Gasteiger partial charge in [0.15, 0.2) is 0 Å². The smallest absolute Gasteiger partial charge is 0.212 e. The second kappa shape index (κ2) is 5.75. The molecule has 0 fully saturated rings. The summed E-state index contributed by atoms with van der Waals surface area (Å²) in [5.74, 6) is 0.643. The summed E-state index contributed by atoms with van der Waals surface area (Å²) in [7, 11) is 1.62. The molecule has 0 saturated heterocycles. The highest BCUT2D eigenvalue weighted by atomic mass is 32.1. The van der Waals surface area contributed by atoms with E-state index in [0.29, 0.717) is 5.88 Å². The van der Waals surface area contributed by atoms with Gasteiger partial charge in [0, 0.05) is 36.4 Å². The van der Waals surface area contributed by atoms with Gasteiger partial charge >= 0.3 is 0 Å². The molecule has 0 aromatic carbocycles. The monoisotopic (exact) mass is 249 g/mol. The zero-order valence-corrected chi connectivity index (χ0v) is 10.8. The maximum absolute atomic E-state index is 5.01. The molecule has 0 unspecified atom stereocenters. The van der Waals surface area contributed by atoms with Gasteiger partial charge in [0.2, 0.25) is 5.88 Å². The van der Waals surface area contributed by atoms with Crippen LogP contribution < -0.4 is 10.1 Å². The third kappa shape index (κ3) is 3.51. The summed E-state index contributed by atoms with van der Waals surface area (Å²) in [6, 6.07) is 3.87. The van der Waals surface area contributed by atoms with E-state index in [1.165, 1.54) is 4.88 Å². The molecular formula is C12H15N3OS. The zero-order valence-electron chi connectivity index (χ0n) is 9.93. The first-order valence-corrected chi connectivity index (χ1v) is 6.20. The molecule has 2 aromatic heterocycles. The molecule has 0 saturated carbocycles. The van der Waals surface area contributed by atoms with Crippen LogP contribution in [0.4, 0.5) is 0 Å². The van der Waals surface area contributed by atoms with Crippen molar-refractivity contribution in [3.8, 4) is 5.88 Å². The molecule has 4 nitrogen and oxygen atoms in total. The van der Waals surface area contributed by atoms with Crippen LogP contribution in [0.25, 0.3) is 0 Å². The van der Waals surface area contributed by atoms with Crippen molar-refractivity contribution in [1.82, 2.24) is 15.3 Å². The molecule has 90 valence electrons. The summed E-state index contributed by atoms with van der Waals surface area (Å²) in [5, 5.41) is 4.45. The normalized spacial score (nSPS) is 10.5. The minimum absolute atomic E-state index is 0.643. The lowest BCUT2D eigenvalue weighted by Crippen LogP contribution is -2.12. The van der Waals surface area contributed by atoms with Gasteiger partial charge in [-0.2, -0.15) is 0 Å². The van der Waals surface area contributed by atoms with Crippen molar-refractivity contribution in [2.24, 2.45) is 0 Å². The molecule has 0 radical (unpaired) electrons. The van der Waals surface area contributed by atoms with E-state index in [-0.39, 0.29) is 0 Å². The fourth-order valence-electron chi connectivity index (χ4n) is 1.43. The van der Waals surface area contributed by atoms with Crippen molar-refractivity contribution in [1.29, 1.82) is 0 Å². The topological polar surface area (TPSA) is 47.0 Å². The number of nitrogens with zero attached hydrogens (tertiary/aromatic N) is 2. The molecular weight excluding hydrogens is 234 g/mol. The Morgan fingerprint density at radius 1 is 1.24 bits per heavy atom. The van der Waals surface area contributed by atoms with Crippen LogP contribution in [0.2, 0.25) is 0 Å². The second-order valence-electron chi connectivity index (χ2n) is 3.68. The summed E-state index contributed by atoms with van der Waals surface area (Å²) >= 11 is 1.72. The maximum Gasteiger partial charge on any atom is 0.212 e. The summed E-state index contributed by atoms with van der Waals surface area (Å²) in [4.78, 5) is 9.69. The van der Waals surface area contributed by atoms with Gasteiger partial charge in [-0.05, 0) is 12.5 Å². The Hall–Kier alpha value is -1.46. The largest absolute Gasteiger partial charge is 0.481 e. The van der Waals surface area contributed by atoms with Crippen molar-refractivity contribution in [3.63, 3.8) is 0 Å². The SMILES string of the molecule is COc1ccc(CNCc2ncc(C)s2)cn1. The van der Waals surface area contributed by atoms with Crippen LogP contribution in [0.15, 0.2) is 24.5 Å². The van der Waals surface area contributed by atoms with Crippen molar-refractivity contribution in [2.75, 3.05) is 7.11 Å². The van der Waals surface area contributed by atoms with E-state index in [9.17, 15) is 0 Å². The zero-order chi connectivity index (χ0) is 12.1. The number of hydrogen-bond acceptors (Lipinski definition) is 5. The first-order valence-electron chi connectivity index (χ1n) is 5.39. The van der Waals surface area contributed by atoms with Gasteiger partial charge in [0.1, 0.15) is 5.01 Å². The average Bonchev–Trinajstić information content (AvgIpc) is 2.76. The van der Waals surface area contributed by atoms with E-state index in [4.69, 9.17) is 4.74 Å². The van der Waals surface area contributed by atoms with Crippen molar-refractivity contribution in [3.05, 3.63) is 40.0 Å². The van der Waals surface area contributed by atoms with E-state index in [1.54, 1.807) is 18.4 Å². The number of hydrogen-bond donors (Lipinski definition) is 1. The number of aromatic nitrogens is 2. The maximum atomic E-state index is 5.01. The van der Waals surface area contributed by atoms with Crippen molar-refractivity contribution < 1.29 is 4.74 Å². The summed E-state index contributed by atoms with van der Waals surface area (Å²) in [6.07, 6.45) is 3.72. The highest BCUT2D eigenvalue weighted by molar-refractivity contribution is 7.11. The van der Waals surface area contributed by atoms with Crippen LogP contribution in [-0.4, -0.2) is 17.1 Å². The van der Waals surface area contributed by atoms with Crippen LogP contribution in [0.1, 0.15) is 15.4 Å². The molecule has 2 heterocycles. The Morgan fingerprint density at radius 2 is 2.12 bits per heavy atom. The molecule has 5 heteroatoms. The summed E-state index contributed by atoms with van der Waals surface area (Å²) in [5.41, 5.74) is 1.14. The van der Waals surface area contributed by atoms with E-state index in [2.05, 4.69) is 22.2 Å². The lowest BCUT2D eigenvalue weighted by molar-refractivity contribution is 0.397. The molecule has 0 amide bonds. The van der Waals surface area contributed by atoms with E-state index in [1.807, 2.05) is 24.5 Å². The van der Waals surface area contributed by atoms with Crippen LogP contribution in [-0.2, 0) is 13.1 Å². The number of nitrogens with one attached hydrogen (secondary N) is 1. The van der Waals surface area contributed by atoms with E-state index < -0.39 is 0 Å². The number of rotatable bonds is 5. The molecule has 0 spiro atoms. The predicted molar refractivity (Wildman–Crippen MR) is 68.2 cm³/mol. The fourth-order valence-corrected chi connectivity index (χ4v) is 2.19. The minimum atomic E-state index is 0.643.